The molecule has 2 rings (SSSR count). The first kappa shape index (κ1) is 13.0. The molecule has 2 aromatic heterocycles. The molecule has 2 N–H and O–H groups in total. The average molecular weight is 256 g/mol. The van der Waals surface area contributed by atoms with E-state index in [1.54, 1.807) is 42.9 Å². The van der Waals surface area contributed by atoms with Gasteiger partial charge in [0.05, 0.1) is 17.4 Å². The Balaban J connectivity index is 2.14. The summed E-state index contributed by atoms with van der Waals surface area (Å²) < 4.78 is 0. The maximum atomic E-state index is 12.2. The first-order valence-corrected chi connectivity index (χ1v) is 6.21. The second-order valence-electron chi connectivity index (χ2n) is 4.02. The molecule has 0 atom stereocenters. The smallest absolute Gasteiger partial charge is 0.259 e. The van der Waals surface area contributed by atoms with Crippen LogP contribution in [0.1, 0.15) is 23.7 Å². The molecule has 0 spiro atoms. The van der Waals surface area contributed by atoms with E-state index in [4.69, 9.17) is 0 Å². The third kappa shape index (κ3) is 3.51. The number of carbonyl (C=O) groups excluding carboxylic acids is 1. The molecule has 0 aliphatic rings. The number of carbonyl (C=O) groups is 1. The van der Waals surface area contributed by atoms with Gasteiger partial charge in [0.15, 0.2) is 0 Å². The molecule has 0 aliphatic carbocycles. The van der Waals surface area contributed by atoms with E-state index in [9.17, 15) is 4.79 Å². The van der Waals surface area contributed by atoms with Gasteiger partial charge in [0.2, 0.25) is 0 Å². The summed E-state index contributed by atoms with van der Waals surface area (Å²) in [6, 6.07) is 7.06. The van der Waals surface area contributed by atoms with Crippen molar-refractivity contribution in [2.45, 2.75) is 13.3 Å². The summed E-state index contributed by atoms with van der Waals surface area (Å²) in [7, 11) is 0. The molecular formula is C14H16N4O. The molecule has 0 bridgehead atoms. The first-order chi connectivity index (χ1) is 9.31. The van der Waals surface area contributed by atoms with Gasteiger partial charge in [0.25, 0.3) is 5.91 Å². The fraction of sp³-hybridized carbons (Fsp3) is 0.214. The van der Waals surface area contributed by atoms with E-state index < -0.39 is 0 Å². The van der Waals surface area contributed by atoms with Gasteiger partial charge in [-0.3, -0.25) is 9.78 Å². The Labute approximate surface area is 112 Å². The predicted octanol–water partition coefficient (Wildman–Crippen LogP) is 2.55. The van der Waals surface area contributed by atoms with Crippen LogP contribution in [-0.4, -0.2) is 22.4 Å². The van der Waals surface area contributed by atoms with E-state index in [1.165, 1.54) is 0 Å². The van der Waals surface area contributed by atoms with E-state index >= 15 is 0 Å². The lowest BCUT2D eigenvalue weighted by molar-refractivity contribution is 0.102. The summed E-state index contributed by atoms with van der Waals surface area (Å²) in [4.78, 5) is 20.3. The van der Waals surface area contributed by atoms with Gasteiger partial charge in [-0.1, -0.05) is 6.92 Å². The minimum atomic E-state index is -0.195. The van der Waals surface area contributed by atoms with Gasteiger partial charge in [-0.2, -0.15) is 0 Å². The molecule has 0 saturated heterocycles. The van der Waals surface area contributed by atoms with E-state index in [0.29, 0.717) is 17.1 Å². The molecule has 0 aliphatic heterocycles. The Hall–Kier alpha value is -2.43. The highest BCUT2D eigenvalue weighted by molar-refractivity contribution is 6.07. The quantitative estimate of drug-likeness (QED) is 0.862. The first-order valence-electron chi connectivity index (χ1n) is 6.21. The maximum Gasteiger partial charge on any atom is 0.259 e. The number of rotatable bonds is 5. The summed E-state index contributed by atoms with van der Waals surface area (Å²) >= 11 is 0. The summed E-state index contributed by atoms with van der Waals surface area (Å²) in [5.41, 5.74) is 1.19. The minimum Gasteiger partial charge on any atom is -0.369 e. The fourth-order valence-electron chi connectivity index (χ4n) is 1.61. The Morgan fingerprint density at radius 3 is 2.84 bits per heavy atom. The number of hydrogen-bond acceptors (Lipinski definition) is 4. The van der Waals surface area contributed by atoms with Crippen molar-refractivity contribution in [3.63, 3.8) is 0 Å². The van der Waals surface area contributed by atoms with Crippen LogP contribution in [0.25, 0.3) is 0 Å². The zero-order chi connectivity index (χ0) is 13.5. The highest BCUT2D eigenvalue weighted by Crippen LogP contribution is 2.14. The SMILES string of the molecule is CCCNc1ncccc1C(=O)Nc1cccnc1. The average Bonchev–Trinajstić information content (AvgIpc) is 2.46. The molecule has 0 unspecified atom stereocenters. The Morgan fingerprint density at radius 2 is 2.11 bits per heavy atom. The third-order valence-corrected chi connectivity index (χ3v) is 2.51. The number of hydrogen-bond donors (Lipinski definition) is 2. The lowest BCUT2D eigenvalue weighted by Gasteiger charge is -2.10. The Bertz CT molecular complexity index is 542. The predicted molar refractivity (Wildman–Crippen MR) is 75.2 cm³/mol. The number of nitrogens with zero attached hydrogens (tertiary/aromatic N) is 2. The van der Waals surface area contributed by atoms with Crippen molar-refractivity contribution < 1.29 is 4.79 Å². The van der Waals surface area contributed by atoms with Crippen molar-refractivity contribution in [2.75, 3.05) is 17.2 Å². The van der Waals surface area contributed by atoms with Crippen LogP contribution in [0.4, 0.5) is 11.5 Å². The summed E-state index contributed by atoms with van der Waals surface area (Å²) in [5, 5.41) is 5.94. The van der Waals surface area contributed by atoms with Crippen LogP contribution < -0.4 is 10.6 Å². The molecule has 2 aromatic rings. The lowest BCUT2D eigenvalue weighted by Crippen LogP contribution is -2.16. The zero-order valence-corrected chi connectivity index (χ0v) is 10.8. The molecule has 5 heteroatoms. The number of amides is 1. The van der Waals surface area contributed by atoms with E-state index in [2.05, 4.69) is 27.5 Å². The van der Waals surface area contributed by atoms with Gasteiger partial charge >= 0.3 is 0 Å². The highest BCUT2D eigenvalue weighted by atomic mass is 16.1. The second-order valence-corrected chi connectivity index (χ2v) is 4.02. The molecule has 2 heterocycles. The van der Waals surface area contributed by atoms with Gasteiger partial charge in [-0.05, 0) is 30.7 Å². The number of pyridine rings is 2. The van der Waals surface area contributed by atoms with Crippen LogP contribution in [-0.2, 0) is 0 Å². The number of anilines is 2. The molecule has 98 valence electrons. The van der Waals surface area contributed by atoms with Gasteiger partial charge in [0.1, 0.15) is 5.82 Å². The fourth-order valence-corrected chi connectivity index (χ4v) is 1.61. The van der Waals surface area contributed by atoms with Gasteiger partial charge < -0.3 is 10.6 Å². The summed E-state index contributed by atoms with van der Waals surface area (Å²) in [6.45, 7) is 2.84. The molecule has 5 nitrogen and oxygen atoms in total. The second kappa shape index (κ2) is 6.49. The van der Waals surface area contributed by atoms with Gasteiger partial charge in [0, 0.05) is 18.9 Å². The molecule has 0 radical (unpaired) electrons. The molecule has 0 saturated carbocycles. The Morgan fingerprint density at radius 1 is 1.26 bits per heavy atom. The van der Waals surface area contributed by atoms with Crippen molar-refractivity contribution in [1.29, 1.82) is 0 Å². The van der Waals surface area contributed by atoms with Crippen LogP contribution >= 0.6 is 0 Å². The van der Waals surface area contributed by atoms with E-state index in [0.717, 1.165) is 13.0 Å². The van der Waals surface area contributed by atoms with E-state index in [-0.39, 0.29) is 5.91 Å². The maximum absolute atomic E-state index is 12.2. The standard InChI is InChI=1S/C14H16N4O/c1-2-7-16-13-12(6-4-9-17-13)14(19)18-11-5-3-8-15-10-11/h3-6,8-10H,2,7H2,1H3,(H,16,17)(H,18,19). The van der Waals surface area contributed by atoms with Crippen LogP contribution in [0.5, 0.6) is 0 Å². The van der Waals surface area contributed by atoms with Crippen LogP contribution in [0, 0.1) is 0 Å². The number of aromatic nitrogens is 2. The monoisotopic (exact) mass is 256 g/mol. The zero-order valence-electron chi connectivity index (χ0n) is 10.8. The van der Waals surface area contributed by atoms with E-state index in [1.807, 2.05) is 0 Å². The van der Waals surface area contributed by atoms with Crippen LogP contribution in [0.15, 0.2) is 42.9 Å². The number of nitrogens with one attached hydrogen (secondary N) is 2. The van der Waals surface area contributed by atoms with Crippen molar-refractivity contribution in [3.8, 4) is 0 Å². The molecule has 19 heavy (non-hydrogen) atoms. The van der Waals surface area contributed by atoms with Crippen LogP contribution in [0.2, 0.25) is 0 Å². The summed E-state index contributed by atoms with van der Waals surface area (Å²) in [5.74, 6) is 0.408. The molecular weight excluding hydrogens is 240 g/mol. The van der Waals surface area contributed by atoms with Crippen molar-refractivity contribution in [2.24, 2.45) is 0 Å². The topological polar surface area (TPSA) is 66.9 Å². The molecule has 1 amide bonds. The minimum absolute atomic E-state index is 0.195. The Kier molecular flexibility index (Phi) is 4.44. The normalized spacial score (nSPS) is 9.95. The van der Waals surface area contributed by atoms with Gasteiger partial charge in [-0.25, -0.2) is 4.98 Å². The third-order valence-electron chi connectivity index (χ3n) is 2.51. The van der Waals surface area contributed by atoms with Crippen molar-refractivity contribution in [3.05, 3.63) is 48.4 Å². The molecule has 0 aromatic carbocycles. The van der Waals surface area contributed by atoms with Gasteiger partial charge in [-0.15, -0.1) is 0 Å². The van der Waals surface area contributed by atoms with Crippen molar-refractivity contribution >= 4 is 17.4 Å². The van der Waals surface area contributed by atoms with Crippen molar-refractivity contribution in [1.82, 2.24) is 9.97 Å². The lowest BCUT2D eigenvalue weighted by atomic mass is 10.2. The van der Waals surface area contributed by atoms with Crippen LogP contribution in [0.3, 0.4) is 0 Å². The molecule has 0 fully saturated rings. The largest absolute Gasteiger partial charge is 0.369 e. The summed E-state index contributed by atoms with van der Waals surface area (Å²) in [6.07, 6.45) is 5.90. The highest BCUT2D eigenvalue weighted by Gasteiger charge is 2.11.